The maximum atomic E-state index is 10.8. The zero-order valence-electron chi connectivity index (χ0n) is 9.97. The molecule has 0 bridgehead atoms. The average molecular weight is 250 g/mol. The third-order valence-electron chi connectivity index (χ3n) is 2.74. The molecule has 5 heteroatoms. The van der Waals surface area contributed by atoms with Gasteiger partial charge in [0.1, 0.15) is 0 Å². The number of carbonyl (C=O) groups excluding carboxylic acids is 1. The second kappa shape index (κ2) is 4.81. The molecule has 0 spiro atoms. The Labute approximate surface area is 109 Å². The Morgan fingerprint density at radius 2 is 1.89 bits per heavy atom. The lowest BCUT2D eigenvalue weighted by molar-refractivity contribution is 0.112. The van der Waals surface area contributed by atoms with E-state index in [9.17, 15) is 4.79 Å². The van der Waals surface area contributed by atoms with Crippen LogP contribution in [0.2, 0.25) is 0 Å². The molecule has 1 aromatic carbocycles. The summed E-state index contributed by atoms with van der Waals surface area (Å²) in [6.07, 6.45) is 5.63. The summed E-state index contributed by atoms with van der Waals surface area (Å²) in [6, 6.07) is 11.4. The summed E-state index contributed by atoms with van der Waals surface area (Å²) in [5.41, 5.74) is 3.03. The normalized spacial score (nSPS) is 10.3. The van der Waals surface area contributed by atoms with E-state index in [0.717, 1.165) is 23.2 Å². The van der Waals surface area contributed by atoms with Gasteiger partial charge in [-0.1, -0.05) is 23.4 Å². The molecule has 0 fully saturated rings. The summed E-state index contributed by atoms with van der Waals surface area (Å²) in [5.74, 6) is 0. The van der Waals surface area contributed by atoms with Crippen molar-refractivity contribution in [2.45, 2.75) is 0 Å². The first-order valence-corrected chi connectivity index (χ1v) is 5.75. The molecular formula is C14H10N4O. The predicted octanol–water partition coefficient (Wildman–Crippen LogP) is 2.14. The minimum Gasteiger partial charge on any atom is -0.298 e. The van der Waals surface area contributed by atoms with Gasteiger partial charge in [0.2, 0.25) is 0 Å². The molecule has 0 amide bonds. The molecule has 0 aliphatic heterocycles. The highest BCUT2D eigenvalue weighted by Crippen LogP contribution is 2.20. The maximum absolute atomic E-state index is 10.8. The standard InChI is InChI=1S/C14H10N4O/c19-10-11-6-12(8-15-7-11)14-9-16-17-18(14)13-4-2-1-3-5-13/h1-10H. The lowest BCUT2D eigenvalue weighted by Gasteiger charge is -2.05. The van der Waals surface area contributed by atoms with E-state index in [4.69, 9.17) is 0 Å². The molecule has 3 aromatic rings. The summed E-state index contributed by atoms with van der Waals surface area (Å²) >= 11 is 0. The molecule has 2 heterocycles. The van der Waals surface area contributed by atoms with E-state index in [1.165, 1.54) is 6.20 Å². The smallest absolute Gasteiger partial charge is 0.151 e. The number of nitrogens with zero attached hydrogens (tertiary/aromatic N) is 4. The van der Waals surface area contributed by atoms with Crippen molar-refractivity contribution in [3.05, 3.63) is 60.6 Å². The van der Waals surface area contributed by atoms with Crippen LogP contribution >= 0.6 is 0 Å². The van der Waals surface area contributed by atoms with E-state index >= 15 is 0 Å². The van der Waals surface area contributed by atoms with Crippen LogP contribution in [0.1, 0.15) is 10.4 Å². The lowest BCUT2D eigenvalue weighted by atomic mass is 10.1. The number of hydrogen-bond acceptors (Lipinski definition) is 4. The van der Waals surface area contributed by atoms with Crippen molar-refractivity contribution in [3.8, 4) is 16.9 Å². The number of aldehydes is 1. The van der Waals surface area contributed by atoms with Crippen molar-refractivity contribution in [2.75, 3.05) is 0 Å². The molecule has 0 unspecified atom stereocenters. The molecule has 0 radical (unpaired) electrons. The number of aromatic nitrogens is 4. The van der Waals surface area contributed by atoms with E-state index in [2.05, 4.69) is 15.3 Å². The first kappa shape index (κ1) is 11.3. The molecule has 5 nitrogen and oxygen atoms in total. The Hall–Kier alpha value is -2.82. The largest absolute Gasteiger partial charge is 0.298 e. The van der Waals surface area contributed by atoms with E-state index in [-0.39, 0.29) is 0 Å². The third-order valence-corrected chi connectivity index (χ3v) is 2.74. The molecule has 0 N–H and O–H groups in total. The first-order chi connectivity index (χ1) is 9.38. The highest BCUT2D eigenvalue weighted by atomic mass is 16.1. The number of rotatable bonds is 3. The molecular weight excluding hydrogens is 240 g/mol. The SMILES string of the molecule is O=Cc1cncc(-c2cnnn2-c2ccccc2)c1. The summed E-state index contributed by atoms with van der Waals surface area (Å²) in [5, 5.41) is 8.00. The van der Waals surface area contributed by atoms with Crippen molar-refractivity contribution in [2.24, 2.45) is 0 Å². The fourth-order valence-electron chi connectivity index (χ4n) is 1.85. The number of para-hydroxylation sites is 1. The molecule has 0 atom stereocenters. The van der Waals surface area contributed by atoms with Gasteiger partial charge in [-0.3, -0.25) is 9.78 Å². The number of hydrogen-bond donors (Lipinski definition) is 0. The van der Waals surface area contributed by atoms with Gasteiger partial charge in [0.05, 0.1) is 17.6 Å². The monoisotopic (exact) mass is 250 g/mol. The molecule has 3 rings (SSSR count). The highest BCUT2D eigenvalue weighted by Gasteiger charge is 2.09. The number of pyridine rings is 1. The van der Waals surface area contributed by atoms with Crippen LogP contribution in [0.5, 0.6) is 0 Å². The summed E-state index contributed by atoms with van der Waals surface area (Å²) in [7, 11) is 0. The highest BCUT2D eigenvalue weighted by molar-refractivity contribution is 5.77. The average Bonchev–Trinajstić information content (AvgIpc) is 2.98. The first-order valence-electron chi connectivity index (χ1n) is 5.75. The molecule has 19 heavy (non-hydrogen) atoms. The Morgan fingerprint density at radius 1 is 1.05 bits per heavy atom. The maximum Gasteiger partial charge on any atom is 0.151 e. The van der Waals surface area contributed by atoms with Gasteiger partial charge in [-0.2, -0.15) is 0 Å². The van der Waals surface area contributed by atoms with Gasteiger partial charge in [-0.25, -0.2) is 4.68 Å². The van der Waals surface area contributed by atoms with E-state index in [1.54, 1.807) is 23.1 Å². The van der Waals surface area contributed by atoms with Crippen LogP contribution in [0.25, 0.3) is 16.9 Å². The van der Waals surface area contributed by atoms with Crippen LogP contribution in [0, 0.1) is 0 Å². The van der Waals surface area contributed by atoms with Gasteiger partial charge in [0, 0.05) is 23.5 Å². The topological polar surface area (TPSA) is 60.7 Å². The van der Waals surface area contributed by atoms with Gasteiger partial charge in [0.15, 0.2) is 6.29 Å². The second-order valence-electron chi connectivity index (χ2n) is 3.99. The van der Waals surface area contributed by atoms with Gasteiger partial charge in [-0.05, 0) is 18.2 Å². The summed E-state index contributed by atoms with van der Waals surface area (Å²) < 4.78 is 1.71. The van der Waals surface area contributed by atoms with Crippen molar-refractivity contribution in [3.63, 3.8) is 0 Å². The molecule has 0 aliphatic rings. The molecule has 0 saturated carbocycles. The van der Waals surface area contributed by atoms with Crippen molar-refractivity contribution < 1.29 is 4.79 Å². The van der Waals surface area contributed by atoms with Crippen molar-refractivity contribution >= 4 is 6.29 Å². The summed E-state index contributed by atoms with van der Waals surface area (Å²) in [6.45, 7) is 0. The number of carbonyl (C=O) groups is 1. The fourth-order valence-corrected chi connectivity index (χ4v) is 1.85. The van der Waals surface area contributed by atoms with E-state index in [1.807, 2.05) is 30.3 Å². The molecule has 0 aliphatic carbocycles. The third kappa shape index (κ3) is 2.13. The van der Waals surface area contributed by atoms with Gasteiger partial charge < -0.3 is 0 Å². The van der Waals surface area contributed by atoms with Crippen LogP contribution in [0.4, 0.5) is 0 Å². The minimum absolute atomic E-state index is 0.526. The van der Waals surface area contributed by atoms with E-state index < -0.39 is 0 Å². The Kier molecular flexibility index (Phi) is 2.86. The Balaban J connectivity index is 2.12. The van der Waals surface area contributed by atoms with Crippen LogP contribution in [0.3, 0.4) is 0 Å². The van der Waals surface area contributed by atoms with Gasteiger partial charge >= 0.3 is 0 Å². The van der Waals surface area contributed by atoms with Crippen LogP contribution in [-0.2, 0) is 0 Å². The summed E-state index contributed by atoms with van der Waals surface area (Å²) in [4.78, 5) is 14.9. The van der Waals surface area contributed by atoms with Gasteiger partial charge in [-0.15, -0.1) is 5.10 Å². The predicted molar refractivity (Wildman–Crippen MR) is 70.0 cm³/mol. The Bertz CT molecular complexity index is 706. The fraction of sp³-hybridized carbons (Fsp3) is 0. The molecule has 2 aromatic heterocycles. The quantitative estimate of drug-likeness (QED) is 0.668. The van der Waals surface area contributed by atoms with Gasteiger partial charge in [0.25, 0.3) is 0 Å². The Morgan fingerprint density at radius 3 is 2.68 bits per heavy atom. The minimum atomic E-state index is 0.526. The van der Waals surface area contributed by atoms with Crippen LogP contribution in [-0.4, -0.2) is 26.3 Å². The molecule has 0 saturated heterocycles. The van der Waals surface area contributed by atoms with Crippen LogP contribution < -0.4 is 0 Å². The number of benzene rings is 1. The van der Waals surface area contributed by atoms with Crippen LogP contribution in [0.15, 0.2) is 55.0 Å². The second-order valence-corrected chi connectivity index (χ2v) is 3.99. The van der Waals surface area contributed by atoms with E-state index in [0.29, 0.717) is 5.56 Å². The zero-order chi connectivity index (χ0) is 13.1. The molecule has 92 valence electrons. The van der Waals surface area contributed by atoms with Crippen molar-refractivity contribution in [1.82, 2.24) is 20.0 Å². The zero-order valence-corrected chi connectivity index (χ0v) is 9.97. The lowest BCUT2D eigenvalue weighted by Crippen LogP contribution is -1.99. The van der Waals surface area contributed by atoms with Crippen molar-refractivity contribution in [1.29, 1.82) is 0 Å².